The van der Waals surface area contributed by atoms with Crippen molar-refractivity contribution < 1.29 is 23.4 Å². The number of hydrogen-bond donors (Lipinski definition) is 3. The fraction of sp³-hybridized carbons (Fsp3) is 0.889. The molecule has 3 N–H and O–H groups in total. The molecule has 0 aliphatic rings. The quantitative estimate of drug-likeness (QED) is 0.563. The SMILES string of the molecule is CC(O)(CO)CNC(=O)C(C)(C)S(C)(=O)=O. The molecule has 0 bridgehead atoms. The van der Waals surface area contributed by atoms with E-state index >= 15 is 0 Å². The second kappa shape index (κ2) is 4.68. The zero-order valence-electron chi connectivity index (χ0n) is 9.94. The minimum atomic E-state index is -3.53. The molecule has 0 aliphatic heterocycles. The van der Waals surface area contributed by atoms with Gasteiger partial charge in [0.05, 0.1) is 6.61 Å². The lowest BCUT2D eigenvalue weighted by molar-refractivity contribution is -0.124. The Bertz CT molecular complexity index is 358. The summed E-state index contributed by atoms with van der Waals surface area (Å²) < 4.78 is 21.1. The Morgan fingerprint density at radius 3 is 2.06 bits per heavy atom. The van der Waals surface area contributed by atoms with E-state index in [1.54, 1.807) is 0 Å². The van der Waals surface area contributed by atoms with Crippen LogP contribution in [0.4, 0.5) is 0 Å². The number of aliphatic hydroxyl groups excluding tert-OH is 1. The van der Waals surface area contributed by atoms with Crippen LogP contribution in [0.25, 0.3) is 0 Å². The summed E-state index contributed by atoms with van der Waals surface area (Å²) in [5.74, 6) is -0.705. The summed E-state index contributed by atoms with van der Waals surface area (Å²) in [6.45, 7) is 3.17. The van der Waals surface area contributed by atoms with E-state index in [-0.39, 0.29) is 6.54 Å². The van der Waals surface area contributed by atoms with Gasteiger partial charge in [0.15, 0.2) is 9.84 Å². The molecule has 0 saturated heterocycles. The van der Waals surface area contributed by atoms with Gasteiger partial charge in [-0.1, -0.05) is 0 Å². The second-order valence-corrected chi connectivity index (χ2v) is 7.19. The molecular weight excluding hydrogens is 234 g/mol. The molecule has 6 nitrogen and oxygen atoms in total. The summed E-state index contributed by atoms with van der Waals surface area (Å²) in [4.78, 5) is 11.6. The first-order chi connectivity index (χ1) is 6.94. The number of carbonyl (C=O) groups excluding carboxylic acids is 1. The number of aliphatic hydroxyl groups is 2. The van der Waals surface area contributed by atoms with Crippen LogP contribution in [0.1, 0.15) is 20.8 Å². The number of sulfone groups is 1. The molecule has 0 radical (unpaired) electrons. The second-order valence-electron chi connectivity index (χ2n) is 4.62. The van der Waals surface area contributed by atoms with Crippen molar-refractivity contribution >= 4 is 15.7 Å². The van der Waals surface area contributed by atoms with Gasteiger partial charge in [-0.05, 0) is 20.8 Å². The minimum absolute atomic E-state index is 0.207. The zero-order chi connectivity index (χ0) is 13.2. The Labute approximate surface area is 95.6 Å². The number of carbonyl (C=O) groups is 1. The van der Waals surface area contributed by atoms with Crippen molar-refractivity contribution in [2.75, 3.05) is 19.4 Å². The molecule has 0 fully saturated rings. The average molecular weight is 253 g/mol. The summed E-state index contributed by atoms with van der Waals surface area (Å²) in [6.07, 6.45) is 0.969. The van der Waals surface area contributed by atoms with E-state index in [1.807, 2.05) is 0 Å². The van der Waals surface area contributed by atoms with E-state index < -0.39 is 32.7 Å². The molecule has 16 heavy (non-hydrogen) atoms. The van der Waals surface area contributed by atoms with Crippen LogP contribution in [-0.4, -0.2) is 54.3 Å². The Morgan fingerprint density at radius 2 is 1.75 bits per heavy atom. The molecule has 0 aromatic heterocycles. The lowest BCUT2D eigenvalue weighted by atomic mass is 10.1. The van der Waals surface area contributed by atoms with E-state index in [2.05, 4.69) is 5.32 Å². The van der Waals surface area contributed by atoms with Crippen molar-refractivity contribution in [2.24, 2.45) is 0 Å². The zero-order valence-corrected chi connectivity index (χ0v) is 10.8. The highest BCUT2D eigenvalue weighted by atomic mass is 32.2. The number of nitrogens with one attached hydrogen (secondary N) is 1. The molecular formula is C9H19NO5S. The van der Waals surface area contributed by atoms with Gasteiger partial charge in [0.25, 0.3) is 0 Å². The summed E-state index contributed by atoms with van der Waals surface area (Å²) >= 11 is 0. The highest BCUT2D eigenvalue weighted by Crippen LogP contribution is 2.15. The van der Waals surface area contributed by atoms with Crippen molar-refractivity contribution in [3.05, 3.63) is 0 Å². The standard InChI is InChI=1S/C9H19NO5S/c1-8(2,16(4,14)15)7(12)10-5-9(3,13)6-11/h11,13H,5-6H2,1-4H3,(H,10,12). The third-order valence-corrected chi connectivity index (χ3v) is 4.48. The lowest BCUT2D eigenvalue weighted by Gasteiger charge is -2.25. The molecule has 0 aliphatic carbocycles. The molecule has 0 heterocycles. The Balaban J connectivity index is 4.63. The minimum Gasteiger partial charge on any atom is -0.393 e. The molecule has 0 spiro atoms. The smallest absolute Gasteiger partial charge is 0.240 e. The van der Waals surface area contributed by atoms with Gasteiger partial charge in [-0.25, -0.2) is 8.42 Å². The van der Waals surface area contributed by atoms with Gasteiger partial charge in [0, 0.05) is 12.8 Å². The average Bonchev–Trinajstić information content (AvgIpc) is 2.12. The third-order valence-electron chi connectivity index (χ3n) is 2.44. The van der Waals surface area contributed by atoms with Crippen LogP contribution in [0.2, 0.25) is 0 Å². The maximum atomic E-state index is 11.6. The Kier molecular flexibility index (Phi) is 4.49. The lowest BCUT2D eigenvalue weighted by Crippen LogP contribution is -2.52. The summed E-state index contributed by atoms with van der Waals surface area (Å²) in [7, 11) is -3.53. The molecule has 0 aromatic carbocycles. The van der Waals surface area contributed by atoms with Crippen LogP contribution in [0.15, 0.2) is 0 Å². The maximum Gasteiger partial charge on any atom is 0.240 e. The summed E-state index contributed by atoms with van der Waals surface area (Å²) in [5.41, 5.74) is -1.46. The van der Waals surface area contributed by atoms with E-state index in [0.29, 0.717) is 0 Å². The van der Waals surface area contributed by atoms with Gasteiger partial charge in [0.2, 0.25) is 5.91 Å². The van der Waals surface area contributed by atoms with Crippen molar-refractivity contribution in [3.8, 4) is 0 Å². The Morgan fingerprint density at radius 1 is 1.31 bits per heavy atom. The molecule has 96 valence electrons. The molecule has 0 aromatic rings. The van der Waals surface area contributed by atoms with Crippen molar-refractivity contribution in [1.82, 2.24) is 5.32 Å². The predicted octanol–water partition coefficient (Wildman–Crippen LogP) is -1.33. The van der Waals surface area contributed by atoms with Crippen LogP contribution in [0.5, 0.6) is 0 Å². The maximum absolute atomic E-state index is 11.6. The topological polar surface area (TPSA) is 104 Å². The van der Waals surface area contributed by atoms with Crippen molar-refractivity contribution in [1.29, 1.82) is 0 Å². The number of hydrogen-bond acceptors (Lipinski definition) is 5. The predicted molar refractivity (Wildman–Crippen MR) is 59.6 cm³/mol. The van der Waals surface area contributed by atoms with Crippen LogP contribution in [0, 0.1) is 0 Å². The summed E-state index contributed by atoms with van der Waals surface area (Å²) in [6, 6.07) is 0. The molecule has 1 amide bonds. The summed E-state index contributed by atoms with van der Waals surface area (Å²) in [5, 5.41) is 20.5. The number of amides is 1. The molecule has 1 atom stereocenters. The highest BCUT2D eigenvalue weighted by molar-refractivity contribution is 7.92. The molecule has 1 unspecified atom stereocenters. The van der Waals surface area contributed by atoms with Crippen molar-refractivity contribution in [2.45, 2.75) is 31.1 Å². The number of rotatable bonds is 5. The van der Waals surface area contributed by atoms with Gasteiger partial charge in [-0.3, -0.25) is 4.79 Å². The van der Waals surface area contributed by atoms with Crippen LogP contribution < -0.4 is 5.32 Å². The van der Waals surface area contributed by atoms with E-state index in [4.69, 9.17) is 5.11 Å². The monoisotopic (exact) mass is 253 g/mol. The van der Waals surface area contributed by atoms with Gasteiger partial charge < -0.3 is 15.5 Å². The van der Waals surface area contributed by atoms with Gasteiger partial charge in [-0.15, -0.1) is 0 Å². The molecule has 0 rings (SSSR count). The van der Waals surface area contributed by atoms with E-state index in [9.17, 15) is 18.3 Å². The first-order valence-corrected chi connectivity index (χ1v) is 6.64. The third kappa shape index (κ3) is 3.73. The van der Waals surface area contributed by atoms with Gasteiger partial charge in [-0.2, -0.15) is 0 Å². The molecule has 0 saturated carbocycles. The van der Waals surface area contributed by atoms with Crippen LogP contribution >= 0.6 is 0 Å². The van der Waals surface area contributed by atoms with E-state index in [1.165, 1.54) is 20.8 Å². The highest BCUT2D eigenvalue weighted by Gasteiger charge is 2.39. The first kappa shape index (κ1) is 15.3. The van der Waals surface area contributed by atoms with Crippen molar-refractivity contribution in [3.63, 3.8) is 0 Å². The van der Waals surface area contributed by atoms with Gasteiger partial charge >= 0.3 is 0 Å². The van der Waals surface area contributed by atoms with E-state index in [0.717, 1.165) is 6.26 Å². The van der Waals surface area contributed by atoms with Crippen LogP contribution in [0.3, 0.4) is 0 Å². The molecule has 7 heteroatoms. The first-order valence-electron chi connectivity index (χ1n) is 4.75. The fourth-order valence-electron chi connectivity index (χ4n) is 0.708. The van der Waals surface area contributed by atoms with Gasteiger partial charge in [0.1, 0.15) is 10.3 Å². The fourth-order valence-corrected chi connectivity index (χ4v) is 1.12. The Hall–Kier alpha value is -0.660. The largest absolute Gasteiger partial charge is 0.393 e. The van der Waals surface area contributed by atoms with Crippen LogP contribution in [-0.2, 0) is 14.6 Å². The normalized spacial score (nSPS) is 16.6.